The van der Waals surface area contributed by atoms with Gasteiger partial charge in [0.05, 0.1) is 6.20 Å². The zero-order valence-electron chi connectivity index (χ0n) is 11.2. The van der Waals surface area contributed by atoms with Gasteiger partial charge in [0, 0.05) is 10.8 Å². The maximum Gasteiger partial charge on any atom is 0.241 e. The van der Waals surface area contributed by atoms with E-state index in [2.05, 4.69) is 10.2 Å². The molecule has 4 nitrogen and oxygen atoms in total. The van der Waals surface area contributed by atoms with Crippen LogP contribution in [0.4, 0.5) is 4.39 Å². The van der Waals surface area contributed by atoms with Gasteiger partial charge in [0.25, 0.3) is 0 Å². The fourth-order valence-corrected chi connectivity index (χ4v) is 1.94. The Labute approximate surface area is 121 Å². The number of benzene rings is 2. The zero-order valence-corrected chi connectivity index (χ0v) is 11.2. The average molecular weight is 284 g/mol. The summed E-state index contributed by atoms with van der Waals surface area (Å²) in [4.78, 5) is 0. The molecule has 21 heavy (non-hydrogen) atoms. The SMILES string of the molecule is Fc1ccc(OCCOc2nncc3ccccc23)cc1. The van der Waals surface area contributed by atoms with Gasteiger partial charge < -0.3 is 9.47 Å². The van der Waals surface area contributed by atoms with Crippen LogP contribution in [0.5, 0.6) is 11.6 Å². The second kappa shape index (κ2) is 6.17. The monoisotopic (exact) mass is 284 g/mol. The summed E-state index contributed by atoms with van der Waals surface area (Å²) in [6, 6.07) is 13.6. The predicted octanol–water partition coefficient (Wildman–Crippen LogP) is 3.23. The molecule has 1 aromatic heterocycles. The van der Waals surface area contributed by atoms with Gasteiger partial charge >= 0.3 is 0 Å². The van der Waals surface area contributed by atoms with Gasteiger partial charge in [-0.25, -0.2) is 4.39 Å². The summed E-state index contributed by atoms with van der Waals surface area (Å²) in [5.74, 6) is 0.796. The second-order valence-electron chi connectivity index (χ2n) is 4.39. The molecule has 0 spiro atoms. The Morgan fingerprint density at radius 3 is 2.52 bits per heavy atom. The van der Waals surface area contributed by atoms with Crippen LogP contribution in [0.1, 0.15) is 0 Å². The van der Waals surface area contributed by atoms with Crippen LogP contribution in [-0.4, -0.2) is 23.4 Å². The summed E-state index contributed by atoms with van der Waals surface area (Å²) >= 11 is 0. The lowest BCUT2D eigenvalue weighted by molar-refractivity contribution is 0.212. The van der Waals surface area contributed by atoms with Gasteiger partial charge in [-0.3, -0.25) is 0 Å². The Balaban J connectivity index is 1.58. The molecule has 0 radical (unpaired) electrons. The lowest BCUT2D eigenvalue weighted by Gasteiger charge is -2.08. The van der Waals surface area contributed by atoms with Gasteiger partial charge in [-0.1, -0.05) is 18.2 Å². The lowest BCUT2D eigenvalue weighted by atomic mass is 10.2. The number of hydrogen-bond acceptors (Lipinski definition) is 4. The highest BCUT2D eigenvalue weighted by Gasteiger charge is 2.04. The second-order valence-corrected chi connectivity index (χ2v) is 4.39. The summed E-state index contributed by atoms with van der Waals surface area (Å²) in [5.41, 5.74) is 0. The van der Waals surface area contributed by atoms with Crippen molar-refractivity contribution in [1.82, 2.24) is 10.2 Å². The topological polar surface area (TPSA) is 44.2 Å². The van der Waals surface area contributed by atoms with E-state index in [-0.39, 0.29) is 5.82 Å². The fraction of sp³-hybridized carbons (Fsp3) is 0.125. The molecule has 0 N–H and O–H groups in total. The smallest absolute Gasteiger partial charge is 0.241 e. The standard InChI is InChI=1S/C16H13FN2O2/c17-13-5-7-14(8-6-13)20-9-10-21-16-15-4-2-1-3-12(15)11-18-19-16/h1-8,11H,9-10H2. The van der Waals surface area contributed by atoms with Crippen LogP contribution in [0.3, 0.4) is 0 Å². The van der Waals surface area contributed by atoms with Crippen molar-refractivity contribution < 1.29 is 13.9 Å². The van der Waals surface area contributed by atoms with Crippen LogP contribution in [0.2, 0.25) is 0 Å². The molecule has 0 atom stereocenters. The molecule has 0 aliphatic heterocycles. The van der Waals surface area contributed by atoms with Crippen molar-refractivity contribution in [2.75, 3.05) is 13.2 Å². The van der Waals surface area contributed by atoms with E-state index in [1.165, 1.54) is 12.1 Å². The highest BCUT2D eigenvalue weighted by Crippen LogP contribution is 2.21. The molecule has 0 saturated carbocycles. The molecule has 3 rings (SSSR count). The van der Waals surface area contributed by atoms with E-state index in [1.807, 2.05) is 24.3 Å². The normalized spacial score (nSPS) is 10.5. The Bertz CT molecular complexity index is 726. The summed E-state index contributed by atoms with van der Waals surface area (Å²) in [6.07, 6.45) is 1.69. The van der Waals surface area contributed by atoms with Gasteiger partial charge in [-0.05, 0) is 30.3 Å². The zero-order chi connectivity index (χ0) is 14.5. The van der Waals surface area contributed by atoms with Gasteiger partial charge in [0.2, 0.25) is 5.88 Å². The Morgan fingerprint density at radius 1 is 0.905 bits per heavy atom. The first kappa shape index (κ1) is 13.3. The highest BCUT2D eigenvalue weighted by atomic mass is 19.1. The molecule has 0 saturated heterocycles. The molecular formula is C16H13FN2O2. The van der Waals surface area contributed by atoms with Crippen molar-refractivity contribution in [3.63, 3.8) is 0 Å². The first-order valence-electron chi connectivity index (χ1n) is 6.54. The number of ether oxygens (including phenoxy) is 2. The summed E-state index contributed by atoms with van der Waals surface area (Å²) < 4.78 is 23.8. The van der Waals surface area contributed by atoms with E-state index < -0.39 is 0 Å². The number of nitrogens with zero attached hydrogens (tertiary/aromatic N) is 2. The number of hydrogen-bond donors (Lipinski definition) is 0. The minimum atomic E-state index is -0.287. The van der Waals surface area contributed by atoms with E-state index >= 15 is 0 Å². The fourth-order valence-electron chi connectivity index (χ4n) is 1.94. The quantitative estimate of drug-likeness (QED) is 0.675. The van der Waals surface area contributed by atoms with Gasteiger partial charge in [-0.15, -0.1) is 5.10 Å². The van der Waals surface area contributed by atoms with Crippen molar-refractivity contribution in [2.45, 2.75) is 0 Å². The van der Waals surface area contributed by atoms with Crippen molar-refractivity contribution in [2.24, 2.45) is 0 Å². The minimum absolute atomic E-state index is 0.287. The predicted molar refractivity (Wildman–Crippen MR) is 76.9 cm³/mol. The van der Waals surface area contributed by atoms with Crippen LogP contribution in [0.15, 0.2) is 54.7 Å². The molecule has 0 aliphatic rings. The lowest BCUT2D eigenvalue weighted by Crippen LogP contribution is -2.10. The molecule has 0 fully saturated rings. The van der Waals surface area contributed by atoms with Crippen LogP contribution in [0, 0.1) is 5.82 Å². The van der Waals surface area contributed by atoms with Gasteiger partial charge in [0.1, 0.15) is 24.8 Å². The first-order valence-corrected chi connectivity index (χ1v) is 6.54. The minimum Gasteiger partial charge on any atom is -0.490 e. The summed E-state index contributed by atoms with van der Waals surface area (Å²) in [7, 11) is 0. The molecule has 3 aromatic rings. The van der Waals surface area contributed by atoms with E-state index in [1.54, 1.807) is 18.3 Å². The molecule has 1 heterocycles. The number of aromatic nitrogens is 2. The largest absolute Gasteiger partial charge is 0.490 e. The molecule has 2 aromatic carbocycles. The van der Waals surface area contributed by atoms with E-state index in [0.717, 1.165) is 10.8 Å². The molecule has 0 bridgehead atoms. The first-order chi connectivity index (χ1) is 10.3. The van der Waals surface area contributed by atoms with Crippen molar-refractivity contribution in [3.8, 4) is 11.6 Å². The summed E-state index contributed by atoms with van der Waals surface area (Å²) in [6.45, 7) is 0.677. The van der Waals surface area contributed by atoms with Gasteiger partial charge in [-0.2, -0.15) is 5.10 Å². The average Bonchev–Trinajstić information content (AvgIpc) is 2.53. The Morgan fingerprint density at radius 2 is 1.67 bits per heavy atom. The summed E-state index contributed by atoms with van der Waals surface area (Å²) in [5, 5.41) is 9.77. The molecule has 5 heteroatoms. The maximum atomic E-state index is 12.7. The molecule has 0 aliphatic carbocycles. The third-order valence-electron chi connectivity index (χ3n) is 2.94. The van der Waals surface area contributed by atoms with Crippen LogP contribution in [0.25, 0.3) is 10.8 Å². The van der Waals surface area contributed by atoms with E-state index in [4.69, 9.17) is 9.47 Å². The van der Waals surface area contributed by atoms with Crippen molar-refractivity contribution >= 4 is 10.8 Å². The Hall–Kier alpha value is -2.69. The van der Waals surface area contributed by atoms with Crippen molar-refractivity contribution in [1.29, 1.82) is 0 Å². The number of fused-ring (bicyclic) bond motifs is 1. The molecule has 106 valence electrons. The van der Waals surface area contributed by atoms with Crippen LogP contribution < -0.4 is 9.47 Å². The maximum absolute atomic E-state index is 12.7. The van der Waals surface area contributed by atoms with Crippen molar-refractivity contribution in [3.05, 3.63) is 60.5 Å². The molecule has 0 amide bonds. The van der Waals surface area contributed by atoms with Crippen LogP contribution in [-0.2, 0) is 0 Å². The molecule has 0 unspecified atom stereocenters. The van der Waals surface area contributed by atoms with Crippen LogP contribution >= 0.6 is 0 Å². The Kier molecular flexibility index (Phi) is 3.91. The van der Waals surface area contributed by atoms with E-state index in [9.17, 15) is 4.39 Å². The third-order valence-corrected chi connectivity index (χ3v) is 2.94. The highest BCUT2D eigenvalue weighted by molar-refractivity contribution is 5.85. The number of rotatable bonds is 5. The van der Waals surface area contributed by atoms with E-state index in [0.29, 0.717) is 24.8 Å². The van der Waals surface area contributed by atoms with Gasteiger partial charge in [0.15, 0.2) is 0 Å². The molecular weight excluding hydrogens is 271 g/mol. The number of halogens is 1. The third kappa shape index (κ3) is 3.25.